The van der Waals surface area contributed by atoms with Gasteiger partial charge in [-0.05, 0) is 30.1 Å². The van der Waals surface area contributed by atoms with Gasteiger partial charge in [0.05, 0.1) is 0 Å². The number of hydrogen-bond donors (Lipinski definition) is 0. The Morgan fingerprint density at radius 1 is 1.62 bits per heavy atom. The summed E-state index contributed by atoms with van der Waals surface area (Å²) in [5.41, 5.74) is 0. The van der Waals surface area contributed by atoms with E-state index in [0.29, 0.717) is 17.6 Å². The van der Waals surface area contributed by atoms with E-state index in [-0.39, 0.29) is 17.8 Å². The minimum absolute atomic E-state index is 0.0629. The Balaban J connectivity index is 1.89. The van der Waals surface area contributed by atoms with Crippen LogP contribution in [0.1, 0.15) is 13.3 Å². The van der Waals surface area contributed by atoms with Gasteiger partial charge in [0, 0.05) is 17.8 Å². The van der Waals surface area contributed by atoms with Crippen LogP contribution in [0.4, 0.5) is 0 Å². The smallest absolute Gasteiger partial charge is 0.139 e. The summed E-state index contributed by atoms with van der Waals surface area (Å²) in [6.07, 6.45) is 0.955. The van der Waals surface area contributed by atoms with E-state index in [1.54, 1.807) is 6.92 Å². The molecule has 3 heteroatoms. The van der Waals surface area contributed by atoms with Crippen LogP contribution in [-0.2, 0) is 9.59 Å². The van der Waals surface area contributed by atoms with Gasteiger partial charge < -0.3 is 9.90 Å². The van der Waals surface area contributed by atoms with Gasteiger partial charge in [0.1, 0.15) is 5.78 Å². The van der Waals surface area contributed by atoms with Crippen LogP contribution in [0, 0.1) is 35.5 Å². The lowest BCUT2D eigenvalue weighted by molar-refractivity contribution is -0.313. The maximum atomic E-state index is 11.5. The van der Waals surface area contributed by atoms with E-state index < -0.39 is 11.9 Å². The third kappa shape index (κ3) is 0.675. The van der Waals surface area contributed by atoms with Crippen molar-refractivity contribution in [3.63, 3.8) is 0 Å². The summed E-state index contributed by atoms with van der Waals surface area (Å²) in [7, 11) is 0. The third-order valence-corrected chi connectivity index (χ3v) is 4.31. The highest BCUT2D eigenvalue weighted by atomic mass is 16.4. The van der Waals surface area contributed by atoms with Crippen LogP contribution < -0.4 is 5.11 Å². The molecule has 0 aromatic rings. The molecule has 0 heterocycles. The molecule has 6 atom stereocenters. The quantitative estimate of drug-likeness (QED) is 0.571. The molecule has 4 aliphatic carbocycles. The highest BCUT2D eigenvalue weighted by Crippen LogP contribution is 2.72. The molecule has 4 bridgehead atoms. The van der Waals surface area contributed by atoms with Gasteiger partial charge in [-0.15, -0.1) is 0 Å². The molecule has 4 fully saturated rings. The van der Waals surface area contributed by atoms with Crippen molar-refractivity contribution in [1.82, 2.24) is 0 Å². The molecule has 0 radical (unpaired) electrons. The second-order valence-electron chi connectivity index (χ2n) is 4.70. The number of ketones is 1. The Morgan fingerprint density at radius 3 is 2.62 bits per heavy atom. The van der Waals surface area contributed by atoms with Crippen molar-refractivity contribution in [3.05, 3.63) is 0 Å². The minimum atomic E-state index is -0.990. The lowest BCUT2D eigenvalue weighted by Gasteiger charge is -2.22. The molecule has 70 valence electrons. The number of carboxylic acids is 1. The molecule has 4 rings (SSSR count). The van der Waals surface area contributed by atoms with Crippen LogP contribution in [0.2, 0.25) is 0 Å². The average Bonchev–Trinajstić information content (AvgIpc) is 2.39. The average molecular weight is 179 g/mol. The van der Waals surface area contributed by atoms with Gasteiger partial charge in [0.25, 0.3) is 0 Å². The van der Waals surface area contributed by atoms with Crippen molar-refractivity contribution >= 4 is 11.8 Å². The molecule has 0 aromatic heterocycles. The zero-order valence-electron chi connectivity index (χ0n) is 7.40. The number of carbonyl (C=O) groups is 2. The van der Waals surface area contributed by atoms with Crippen molar-refractivity contribution in [1.29, 1.82) is 0 Å². The van der Waals surface area contributed by atoms with Crippen LogP contribution in [0.5, 0.6) is 0 Å². The molecule has 0 N–H and O–H groups in total. The van der Waals surface area contributed by atoms with Gasteiger partial charge in [-0.25, -0.2) is 0 Å². The van der Waals surface area contributed by atoms with E-state index in [0.717, 1.165) is 6.42 Å². The second-order valence-corrected chi connectivity index (χ2v) is 4.70. The number of rotatable bonds is 2. The van der Waals surface area contributed by atoms with Crippen molar-refractivity contribution in [2.75, 3.05) is 0 Å². The zero-order valence-corrected chi connectivity index (χ0v) is 7.40. The van der Waals surface area contributed by atoms with E-state index in [1.165, 1.54) is 0 Å². The molecule has 6 unspecified atom stereocenters. The van der Waals surface area contributed by atoms with Crippen LogP contribution in [0.15, 0.2) is 0 Å². The van der Waals surface area contributed by atoms with Crippen molar-refractivity contribution < 1.29 is 14.7 Å². The van der Waals surface area contributed by atoms with E-state index >= 15 is 0 Å². The number of carbonyl (C=O) groups excluding carboxylic acids is 2. The summed E-state index contributed by atoms with van der Waals surface area (Å²) in [4.78, 5) is 22.2. The second kappa shape index (κ2) is 1.97. The fourth-order valence-electron chi connectivity index (χ4n) is 3.74. The molecule has 0 aliphatic heterocycles. The van der Waals surface area contributed by atoms with Gasteiger partial charge in [-0.2, -0.15) is 0 Å². The summed E-state index contributed by atoms with van der Waals surface area (Å²) in [6, 6.07) is 0. The predicted octanol–water partition coefficient (Wildman–Crippen LogP) is -0.547. The Kier molecular flexibility index (Phi) is 1.14. The maximum absolute atomic E-state index is 11.5. The molecule has 0 aromatic carbocycles. The highest BCUT2D eigenvalue weighted by molar-refractivity contribution is 5.93. The van der Waals surface area contributed by atoms with Gasteiger partial charge >= 0.3 is 0 Å². The summed E-state index contributed by atoms with van der Waals surface area (Å²) >= 11 is 0. The lowest BCUT2D eigenvalue weighted by atomic mass is 9.86. The Hall–Kier alpha value is -0.860. The molecule has 4 aliphatic rings. The normalized spacial score (nSPS) is 52.4. The molecule has 0 amide bonds. The molecule has 3 nitrogen and oxygen atoms in total. The van der Waals surface area contributed by atoms with Crippen molar-refractivity contribution in [2.45, 2.75) is 13.3 Å². The lowest BCUT2D eigenvalue weighted by Crippen LogP contribution is -2.36. The first-order valence-corrected chi connectivity index (χ1v) is 4.87. The maximum Gasteiger partial charge on any atom is 0.139 e. The Labute approximate surface area is 76.1 Å². The van der Waals surface area contributed by atoms with Crippen LogP contribution in [-0.4, -0.2) is 11.8 Å². The zero-order chi connectivity index (χ0) is 9.33. The van der Waals surface area contributed by atoms with Gasteiger partial charge in [0.2, 0.25) is 0 Å². The summed E-state index contributed by atoms with van der Waals surface area (Å²) in [5.74, 6) is 0.285. The van der Waals surface area contributed by atoms with Crippen LogP contribution in [0.25, 0.3) is 0 Å². The molecule has 13 heavy (non-hydrogen) atoms. The Morgan fingerprint density at radius 2 is 2.31 bits per heavy atom. The van der Waals surface area contributed by atoms with E-state index in [1.807, 2.05) is 0 Å². The molecule has 0 spiro atoms. The van der Waals surface area contributed by atoms with Gasteiger partial charge in [0.15, 0.2) is 0 Å². The third-order valence-electron chi connectivity index (χ3n) is 4.31. The largest absolute Gasteiger partial charge is 0.550 e. The van der Waals surface area contributed by atoms with Gasteiger partial charge in [-0.3, -0.25) is 4.79 Å². The number of aliphatic carboxylic acids is 1. The number of Topliss-reactive ketones (excluding diaryl/α,β-unsaturated/α-hetero) is 1. The molecule has 4 saturated carbocycles. The standard InChI is InChI=1S/C10H12O3/c1-3(10(12)13)6-5-2-4-7(6)8(4)9(5)11/h3-8H,2H2,1H3,(H,12,13)/p-1. The summed E-state index contributed by atoms with van der Waals surface area (Å²) in [5, 5.41) is 10.7. The van der Waals surface area contributed by atoms with Crippen molar-refractivity contribution in [3.8, 4) is 0 Å². The van der Waals surface area contributed by atoms with Crippen LogP contribution in [0.3, 0.4) is 0 Å². The van der Waals surface area contributed by atoms with Gasteiger partial charge in [-0.1, -0.05) is 6.92 Å². The first kappa shape index (κ1) is 7.54. The number of carboxylic acid groups (broad SMARTS) is 1. The molecular weight excluding hydrogens is 168 g/mol. The van der Waals surface area contributed by atoms with Crippen LogP contribution >= 0.6 is 0 Å². The summed E-state index contributed by atoms with van der Waals surface area (Å²) in [6.45, 7) is 1.68. The fraction of sp³-hybridized carbons (Fsp3) is 0.800. The SMILES string of the molecule is CC(C(=O)[O-])C1C2CC3C(C2=O)C31. The first-order valence-electron chi connectivity index (χ1n) is 4.87. The predicted molar refractivity (Wildman–Crippen MR) is 41.2 cm³/mol. The molecular formula is C10H11O3-. The Bertz CT molecular complexity index is 309. The minimum Gasteiger partial charge on any atom is -0.550 e. The van der Waals surface area contributed by atoms with E-state index in [4.69, 9.17) is 0 Å². The highest BCUT2D eigenvalue weighted by Gasteiger charge is 2.74. The van der Waals surface area contributed by atoms with E-state index in [9.17, 15) is 14.7 Å². The summed E-state index contributed by atoms with van der Waals surface area (Å²) < 4.78 is 0. The topological polar surface area (TPSA) is 57.2 Å². The number of hydrogen-bond acceptors (Lipinski definition) is 3. The first-order chi connectivity index (χ1) is 6.13. The van der Waals surface area contributed by atoms with E-state index in [2.05, 4.69) is 0 Å². The fourth-order valence-corrected chi connectivity index (χ4v) is 3.74. The van der Waals surface area contributed by atoms with Crippen molar-refractivity contribution in [2.24, 2.45) is 35.5 Å². The molecule has 0 saturated heterocycles. The monoisotopic (exact) mass is 179 g/mol.